The molecule has 110 valence electrons. The normalized spacial score (nSPS) is 34.2. The molecule has 4 nitrogen and oxygen atoms in total. The fourth-order valence-electron chi connectivity index (χ4n) is 2.67. The number of aliphatic hydroxyl groups excluding tert-OH is 1. The zero-order valence-electron chi connectivity index (χ0n) is 11.2. The molecule has 1 N–H and O–H groups in total. The zero-order valence-corrected chi connectivity index (χ0v) is 12.9. The third-order valence-corrected chi connectivity index (χ3v) is 6.02. The molecule has 6 heteroatoms. The molecular weight excluding hydrogens is 284 g/mol. The molecule has 0 amide bonds. The number of carbonyl (C=O) groups excluding carboxylic acids is 1. The molecule has 2 rings (SSSR count). The minimum atomic E-state index is -0.574. The topological polar surface area (TPSA) is 55.8 Å². The summed E-state index contributed by atoms with van der Waals surface area (Å²) >= 11 is 3.60. The first-order valence-corrected chi connectivity index (χ1v) is 9.01. The summed E-state index contributed by atoms with van der Waals surface area (Å²) in [5, 5.41) is 10.6. The smallest absolute Gasteiger partial charge is 0.146 e. The van der Waals surface area contributed by atoms with E-state index in [4.69, 9.17) is 9.47 Å². The number of aliphatic hydroxyl groups is 1. The number of carbonyl (C=O) groups is 1. The molecule has 0 spiro atoms. The first-order chi connectivity index (χ1) is 9.24. The van der Waals surface area contributed by atoms with Crippen LogP contribution in [0.1, 0.15) is 12.8 Å². The molecule has 19 heavy (non-hydrogen) atoms. The van der Waals surface area contributed by atoms with Gasteiger partial charge in [0.25, 0.3) is 0 Å². The summed E-state index contributed by atoms with van der Waals surface area (Å²) in [5.41, 5.74) is 0. The highest BCUT2D eigenvalue weighted by Crippen LogP contribution is 2.34. The van der Waals surface area contributed by atoms with Crippen LogP contribution in [0.4, 0.5) is 0 Å². The van der Waals surface area contributed by atoms with Gasteiger partial charge in [-0.3, -0.25) is 4.79 Å². The predicted octanol–water partition coefficient (Wildman–Crippen LogP) is 1.41. The Balaban J connectivity index is 1.97. The van der Waals surface area contributed by atoms with Crippen molar-refractivity contribution in [2.24, 2.45) is 11.8 Å². The molecule has 2 aliphatic heterocycles. The Labute approximate surface area is 123 Å². The van der Waals surface area contributed by atoms with Crippen molar-refractivity contribution in [1.82, 2.24) is 0 Å². The Morgan fingerprint density at radius 2 is 2.16 bits per heavy atom. The highest BCUT2D eigenvalue weighted by Gasteiger charge is 2.39. The molecule has 0 bridgehead atoms. The van der Waals surface area contributed by atoms with Crippen molar-refractivity contribution in [1.29, 1.82) is 0 Å². The number of thioether (sulfide) groups is 2. The van der Waals surface area contributed by atoms with Gasteiger partial charge in [0.15, 0.2) is 0 Å². The van der Waals surface area contributed by atoms with Gasteiger partial charge in [-0.2, -0.15) is 23.5 Å². The lowest BCUT2D eigenvalue weighted by Crippen LogP contribution is -2.46. The first-order valence-electron chi connectivity index (χ1n) is 6.71. The van der Waals surface area contributed by atoms with Crippen LogP contribution in [0.2, 0.25) is 0 Å². The lowest BCUT2D eigenvalue weighted by atomic mass is 9.84. The third kappa shape index (κ3) is 4.11. The van der Waals surface area contributed by atoms with Gasteiger partial charge in [-0.1, -0.05) is 0 Å². The van der Waals surface area contributed by atoms with E-state index in [1.807, 2.05) is 11.8 Å². The fraction of sp³-hybridized carbons (Fsp3) is 0.923. The maximum Gasteiger partial charge on any atom is 0.146 e. The van der Waals surface area contributed by atoms with Gasteiger partial charge in [0.2, 0.25) is 0 Å². The molecule has 0 aliphatic carbocycles. The lowest BCUT2D eigenvalue weighted by molar-refractivity contribution is -0.133. The SMILES string of the molecule is COCO[C@@H]1CCSC[C@@H]1[C@H](O)[C@H]1CSCCC1=O. The number of hydrogen-bond donors (Lipinski definition) is 1. The highest BCUT2D eigenvalue weighted by molar-refractivity contribution is 7.99. The quantitative estimate of drug-likeness (QED) is 0.775. The molecule has 0 unspecified atom stereocenters. The van der Waals surface area contributed by atoms with Crippen molar-refractivity contribution in [2.75, 3.05) is 36.9 Å². The average molecular weight is 306 g/mol. The summed E-state index contributed by atoms with van der Waals surface area (Å²) in [4.78, 5) is 12.0. The number of methoxy groups -OCH3 is 1. The van der Waals surface area contributed by atoms with Crippen molar-refractivity contribution in [3.8, 4) is 0 Å². The molecule has 0 aromatic rings. The summed E-state index contributed by atoms with van der Waals surface area (Å²) in [6.45, 7) is 0.256. The van der Waals surface area contributed by atoms with E-state index in [0.29, 0.717) is 6.42 Å². The fourth-order valence-corrected chi connectivity index (χ4v) is 5.07. The van der Waals surface area contributed by atoms with Crippen LogP contribution in [0.5, 0.6) is 0 Å². The van der Waals surface area contributed by atoms with E-state index in [1.54, 1.807) is 18.9 Å². The molecule has 0 aromatic heterocycles. The van der Waals surface area contributed by atoms with E-state index >= 15 is 0 Å². The molecule has 2 fully saturated rings. The summed E-state index contributed by atoms with van der Waals surface area (Å²) in [7, 11) is 1.60. The van der Waals surface area contributed by atoms with Crippen LogP contribution in [-0.4, -0.2) is 60.0 Å². The number of rotatable bonds is 5. The van der Waals surface area contributed by atoms with Crippen LogP contribution < -0.4 is 0 Å². The molecule has 2 aliphatic rings. The number of Topliss-reactive ketones (excluding diaryl/α,β-unsaturated/α-hetero) is 1. The van der Waals surface area contributed by atoms with Crippen molar-refractivity contribution < 1.29 is 19.4 Å². The Morgan fingerprint density at radius 1 is 1.37 bits per heavy atom. The molecule has 0 saturated carbocycles. The second-order valence-corrected chi connectivity index (χ2v) is 7.33. The zero-order chi connectivity index (χ0) is 13.7. The van der Waals surface area contributed by atoms with Crippen molar-refractivity contribution in [3.63, 3.8) is 0 Å². The van der Waals surface area contributed by atoms with Gasteiger partial charge >= 0.3 is 0 Å². The Hall–Kier alpha value is 0.250. The van der Waals surface area contributed by atoms with E-state index in [-0.39, 0.29) is 30.5 Å². The first kappa shape index (κ1) is 15.6. The largest absolute Gasteiger partial charge is 0.392 e. The maximum atomic E-state index is 12.0. The van der Waals surface area contributed by atoms with E-state index in [2.05, 4.69) is 0 Å². The monoisotopic (exact) mass is 306 g/mol. The van der Waals surface area contributed by atoms with Gasteiger partial charge in [-0.05, 0) is 12.2 Å². The Kier molecular flexibility index (Phi) is 6.49. The minimum Gasteiger partial charge on any atom is -0.392 e. The minimum absolute atomic E-state index is 0.0101. The number of ketones is 1. The molecular formula is C13H22O4S2. The summed E-state index contributed by atoms with van der Waals surface area (Å²) < 4.78 is 10.6. The number of ether oxygens (including phenoxy) is 2. The van der Waals surface area contributed by atoms with Crippen LogP contribution in [0.25, 0.3) is 0 Å². The van der Waals surface area contributed by atoms with E-state index in [1.165, 1.54) is 0 Å². The second-order valence-electron chi connectivity index (χ2n) is 5.03. The van der Waals surface area contributed by atoms with Gasteiger partial charge in [-0.25, -0.2) is 0 Å². The van der Waals surface area contributed by atoms with Crippen LogP contribution in [-0.2, 0) is 14.3 Å². The van der Waals surface area contributed by atoms with Gasteiger partial charge in [0.05, 0.1) is 18.1 Å². The van der Waals surface area contributed by atoms with Crippen LogP contribution in [0.15, 0.2) is 0 Å². The van der Waals surface area contributed by atoms with E-state index in [0.717, 1.165) is 29.4 Å². The van der Waals surface area contributed by atoms with Crippen LogP contribution in [0.3, 0.4) is 0 Å². The van der Waals surface area contributed by atoms with Crippen LogP contribution in [0, 0.1) is 11.8 Å². The number of hydrogen-bond acceptors (Lipinski definition) is 6. The van der Waals surface area contributed by atoms with Gasteiger partial charge in [-0.15, -0.1) is 0 Å². The Morgan fingerprint density at radius 3 is 2.89 bits per heavy atom. The summed E-state index contributed by atoms with van der Waals surface area (Å²) in [6, 6.07) is 0. The van der Waals surface area contributed by atoms with Crippen LogP contribution >= 0.6 is 23.5 Å². The van der Waals surface area contributed by atoms with Gasteiger partial charge in [0.1, 0.15) is 12.6 Å². The molecule has 2 saturated heterocycles. The summed E-state index contributed by atoms with van der Waals surface area (Å²) in [5.74, 6) is 3.60. The standard InChI is InChI=1S/C13H22O4S2/c1-16-8-17-12-3-5-19-7-10(12)13(15)9-6-18-4-2-11(9)14/h9-10,12-13,15H,2-8H2,1H3/t9-,10-,12+,13+/m0/s1. The molecule has 2 heterocycles. The van der Waals surface area contributed by atoms with Gasteiger partial charge < -0.3 is 14.6 Å². The predicted molar refractivity (Wildman–Crippen MR) is 78.6 cm³/mol. The van der Waals surface area contributed by atoms with Gasteiger partial charge in [0, 0.05) is 36.7 Å². The molecule has 0 radical (unpaired) electrons. The third-order valence-electron chi connectivity index (χ3n) is 3.79. The molecule has 0 aromatic carbocycles. The second kappa shape index (κ2) is 7.88. The maximum absolute atomic E-state index is 12.0. The van der Waals surface area contributed by atoms with Crippen molar-refractivity contribution in [3.05, 3.63) is 0 Å². The van der Waals surface area contributed by atoms with Crippen molar-refractivity contribution >= 4 is 29.3 Å². The molecule has 4 atom stereocenters. The highest BCUT2D eigenvalue weighted by atomic mass is 32.2. The van der Waals surface area contributed by atoms with E-state index in [9.17, 15) is 9.90 Å². The average Bonchev–Trinajstić information content (AvgIpc) is 2.45. The summed E-state index contributed by atoms with van der Waals surface area (Å²) in [6.07, 6.45) is 0.950. The van der Waals surface area contributed by atoms with E-state index < -0.39 is 6.10 Å². The Bertz CT molecular complexity index is 300. The van der Waals surface area contributed by atoms with Crippen molar-refractivity contribution in [2.45, 2.75) is 25.0 Å². The lowest BCUT2D eigenvalue weighted by Gasteiger charge is -2.37.